The molecule has 0 saturated heterocycles. The lowest BCUT2D eigenvalue weighted by atomic mass is 10.0. The lowest BCUT2D eigenvalue weighted by Crippen LogP contribution is -2.24. The minimum Gasteiger partial charge on any atom is -0.490 e. The maximum atomic E-state index is 9.08. The summed E-state index contributed by atoms with van der Waals surface area (Å²) in [4.78, 5) is 4.39. The zero-order chi connectivity index (χ0) is 16.5. The maximum absolute atomic E-state index is 9.08. The molecule has 6 nitrogen and oxygen atoms in total. The molecule has 1 unspecified atom stereocenters. The minimum atomic E-state index is 0. The van der Waals surface area contributed by atoms with E-state index in [0.717, 1.165) is 42.9 Å². The number of aliphatic imine (C=N–C) groups is 1. The molecule has 0 amide bonds. The highest BCUT2D eigenvalue weighted by molar-refractivity contribution is 14.0. The third-order valence-corrected chi connectivity index (χ3v) is 3.77. The van der Waals surface area contributed by atoms with Crippen LogP contribution in [0, 0.1) is 5.92 Å². The summed E-state index contributed by atoms with van der Waals surface area (Å²) in [5.74, 6) is 2.23. The molecule has 1 aliphatic heterocycles. The Kier molecular flexibility index (Phi) is 9.85. The van der Waals surface area contributed by atoms with Crippen molar-refractivity contribution in [2.24, 2.45) is 16.6 Å². The number of hydrogen-bond donors (Lipinski definition) is 3. The Morgan fingerprint density at radius 1 is 1.29 bits per heavy atom. The first-order valence-electron chi connectivity index (χ1n) is 8.30. The summed E-state index contributed by atoms with van der Waals surface area (Å²) in [6, 6.07) is 5.65. The van der Waals surface area contributed by atoms with Crippen molar-refractivity contribution in [2.75, 3.05) is 31.7 Å². The Morgan fingerprint density at radius 3 is 2.75 bits per heavy atom. The number of anilines is 1. The van der Waals surface area contributed by atoms with Crippen molar-refractivity contribution in [1.29, 1.82) is 0 Å². The summed E-state index contributed by atoms with van der Waals surface area (Å²) >= 11 is 0. The van der Waals surface area contributed by atoms with Crippen LogP contribution < -0.4 is 20.5 Å². The number of fused-ring (bicyclic) bond motifs is 1. The number of benzene rings is 1. The van der Waals surface area contributed by atoms with Crippen molar-refractivity contribution in [3.05, 3.63) is 18.2 Å². The maximum Gasteiger partial charge on any atom is 0.193 e. The van der Waals surface area contributed by atoms with Gasteiger partial charge >= 0.3 is 0 Å². The topological polar surface area (TPSA) is 89.1 Å². The lowest BCUT2D eigenvalue weighted by Gasteiger charge is -2.13. The zero-order valence-corrected chi connectivity index (χ0v) is 16.5. The van der Waals surface area contributed by atoms with Gasteiger partial charge < -0.3 is 25.6 Å². The van der Waals surface area contributed by atoms with Gasteiger partial charge in [-0.25, -0.2) is 0 Å². The van der Waals surface area contributed by atoms with Crippen LogP contribution in [-0.2, 0) is 0 Å². The van der Waals surface area contributed by atoms with E-state index in [2.05, 4.69) is 17.2 Å². The van der Waals surface area contributed by atoms with Crippen molar-refractivity contribution in [3.8, 4) is 11.5 Å². The number of ether oxygens (including phenoxy) is 2. The molecule has 1 heterocycles. The van der Waals surface area contributed by atoms with Gasteiger partial charge in [0.2, 0.25) is 0 Å². The molecule has 1 aliphatic rings. The number of nitrogens with zero attached hydrogens (tertiary/aromatic N) is 1. The summed E-state index contributed by atoms with van der Waals surface area (Å²) in [5, 5.41) is 12.2. The van der Waals surface area contributed by atoms with E-state index in [1.165, 1.54) is 0 Å². The zero-order valence-electron chi connectivity index (χ0n) is 14.2. The molecule has 2 rings (SSSR count). The number of hydrogen-bond acceptors (Lipinski definition) is 4. The fourth-order valence-corrected chi connectivity index (χ4v) is 2.57. The van der Waals surface area contributed by atoms with Gasteiger partial charge in [0.05, 0.1) is 13.2 Å². The molecule has 4 N–H and O–H groups in total. The first-order chi connectivity index (χ1) is 11.2. The molecule has 0 aliphatic carbocycles. The van der Waals surface area contributed by atoms with E-state index in [4.69, 9.17) is 20.3 Å². The van der Waals surface area contributed by atoms with Crippen LogP contribution in [0.15, 0.2) is 23.2 Å². The molecule has 1 aromatic carbocycles. The van der Waals surface area contributed by atoms with Gasteiger partial charge in [0, 0.05) is 31.3 Å². The highest BCUT2D eigenvalue weighted by atomic mass is 127. The third-order valence-electron chi connectivity index (χ3n) is 3.77. The third kappa shape index (κ3) is 6.72. The Hall–Kier alpha value is -1.22. The van der Waals surface area contributed by atoms with E-state index < -0.39 is 0 Å². The highest BCUT2D eigenvalue weighted by Gasteiger charge is 2.11. The van der Waals surface area contributed by atoms with Crippen LogP contribution in [-0.4, -0.2) is 37.4 Å². The molecular formula is C17H28IN3O3. The van der Waals surface area contributed by atoms with Gasteiger partial charge in [0.25, 0.3) is 0 Å². The second-order valence-electron chi connectivity index (χ2n) is 5.73. The Labute approximate surface area is 160 Å². The van der Waals surface area contributed by atoms with E-state index in [9.17, 15) is 0 Å². The van der Waals surface area contributed by atoms with Gasteiger partial charge in [-0.1, -0.05) is 13.3 Å². The van der Waals surface area contributed by atoms with Gasteiger partial charge in [0.15, 0.2) is 17.5 Å². The molecule has 7 heteroatoms. The second kappa shape index (κ2) is 11.4. The largest absolute Gasteiger partial charge is 0.490 e. The normalized spacial score (nSPS) is 15.2. The predicted molar refractivity (Wildman–Crippen MR) is 108 cm³/mol. The molecular weight excluding hydrogens is 421 g/mol. The molecule has 0 spiro atoms. The predicted octanol–water partition coefficient (Wildman–Crippen LogP) is 2.99. The lowest BCUT2D eigenvalue weighted by molar-refractivity contribution is 0.253. The smallest absolute Gasteiger partial charge is 0.193 e. The van der Waals surface area contributed by atoms with Gasteiger partial charge in [-0.3, -0.25) is 4.99 Å². The number of nitrogens with one attached hydrogen (secondary N) is 1. The van der Waals surface area contributed by atoms with Crippen LogP contribution in [0.2, 0.25) is 0 Å². The van der Waals surface area contributed by atoms with Crippen molar-refractivity contribution in [2.45, 2.75) is 32.6 Å². The molecule has 24 heavy (non-hydrogen) atoms. The average Bonchev–Trinajstić information content (AvgIpc) is 2.78. The van der Waals surface area contributed by atoms with Crippen molar-refractivity contribution in [3.63, 3.8) is 0 Å². The van der Waals surface area contributed by atoms with E-state index >= 15 is 0 Å². The highest BCUT2D eigenvalue weighted by Crippen LogP contribution is 2.32. The monoisotopic (exact) mass is 449 g/mol. The van der Waals surface area contributed by atoms with E-state index in [0.29, 0.717) is 31.6 Å². The Bertz CT molecular complexity index is 520. The van der Waals surface area contributed by atoms with Crippen LogP contribution >= 0.6 is 24.0 Å². The number of aliphatic hydroxyl groups is 1. The molecule has 0 saturated carbocycles. The van der Waals surface area contributed by atoms with Crippen molar-refractivity contribution in [1.82, 2.24) is 0 Å². The number of halogens is 1. The summed E-state index contributed by atoms with van der Waals surface area (Å²) in [6.45, 7) is 4.27. The Morgan fingerprint density at radius 2 is 2.04 bits per heavy atom. The van der Waals surface area contributed by atoms with E-state index in [1.807, 2.05) is 18.2 Å². The first kappa shape index (κ1) is 20.8. The van der Waals surface area contributed by atoms with E-state index in [-0.39, 0.29) is 30.6 Å². The van der Waals surface area contributed by atoms with Gasteiger partial charge in [-0.15, -0.1) is 24.0 Å². The first-order valence-corrected chi connectivity index (χ1v) is 8.30. The van der Waals surface area contributed by atoms with Gasteiger partial charge in [0.1, 0.15) is 0 Å². The van der Waals surface area contributed by atoms with Crippen LogP contribution in [0.1, 0.15) is 32.6 Å². The minimum absolute atomic E-state index is 0. The van der Waals surface area contributed by atoms with E-state index in [1.54, 1.807) is 0 Å². The average molecular weight is 449 g/mol. The molecule has 0 radical (unpaired) electrons. The summed E-state index contributed by atoms with van der Waals surface area (Å²) in [6.07, 6.45) is 3.76. The summed E-state index contributed by atoms with van der Waals surface area (Å²) < 4.78 is 11.3. The van der Waals surface area contributed by atoms with Crippen LogP contribution in [0.4, 0.5) is 5.69 Å². The Balaban J connectivity index is 0.00000288. The summed E-state index contributed by atoms with van der Waals surface area (Å²) in [7, 11) is 0. The number of guanidine groups is 1. The van der Waals surface area contributed by atoms with Crippen LogP contribution in [0.3, 0.4) is 0 Å². The molecule has 0 bridgehead atoms. The molecule has 136 valence electrons. The SMILES string of the molecule is CCCC(CCO)CN=C(N)Nc1ccc2c(c1)OCCCO2.I. The molecule has 0 aromatic heterocycles. The van der Waals surface area contributed by atoms with Crippen molar-refractivity contribution >= 4 is 35.6 Å². The van der Waals surface area contributed by atoms with Crippen LogP contribution in [0.25, 0.3) is 0 Å². The molecule has 1 atom stereocenters. The second-order valence-corrected chi connectivity index (χ2v) is 5.73. The number of aliphatic hydroxyl groups excluding tert-OH is 1. The summed E-state index contributed by atoms with van der Waals surface area (Å²) in [5.41, 5.74) is 6.78. The van der Waals surface area contributed by atoms with Gasteiger partial charge in [-0.05, 0) is 30.9 Å². The van der Waals surface area contributed by atoms with Crippen LogP contribution in [0.5, 0.6) is 11.5 Å². The number of nitrogens with two attached hydrogens (primary N) is 1. The quantitative estimate of drug-likeness (QED) is 0.339. The fraction of sp³-hybridized carbons (Fsp3) is 0.588. The van der Waals surface area contributed by atoms with Crippen molar-refractivity contribution < 1.29 is 14.6 Å². The van der Waals surface area contributed by atoms with Gasteiger partial charge in [-0.2, -0.15) is 0 Å². The standard InChI is InChI=1S/C17H27N3O3.HI/c1-2-4-13(7-8-21)12-19-17(18)20-14-5-6-15-16(11-14)23-10-3-9-22-15;/h5-6,11,13,21H,2-4,7-10,12H2,1H3,(H3,18,19,20);1H. The number of rotatable bonds is 7. The molecule has 1 aromatic rings. The fourth-order valence-electron chi connectivity index (χ4n) is 2.57. The molecule has 0 fully saturated rings.